The summed E-state index contributed by atoms with van der Waals surface area (Å²) in [5.41, 5.74) is 0.438. The van der Waals surface area contributed by atoms with Crippen LogP contribution in [-0.2, 0) is 6.54 Å². The molecule has 0 spiro atoms. The van der Waals surface area contributed by atoms with Gasteiger partial charge in [-0.25, -0.2) is 15.0 Å². The monoisotopic (exact) mass is 425 g/mol. The number of imidazole rings is 1. The Kier molecular flexibility index (Phi) is 7.80. The Morgan fingerprint density at radius 3 is 2.19 bits per heavy atom. The Hall–Kier alpha value is -3.62. The minimum absolute atomic E-state index is 0.234. The summed E-state index contributed by atoms with van der Waals surface area (Å²) in [4.78, 5) is 25.6. The van der Waals surface area contributed by atoms with Crippen LogP contribution in [0.5, 0.6) is 17.2 Å². The minimum Gasteiger partial charge on any atom is -0.490 e. The van der Waals surface area contributed by atoms with E-state index in [2.05, 4.69) is 20.3 Å². The van der Waals surface area contributed by atoms with Gasteiger partial charge in [0.25, 0.3) is 5.91 Å². The van der Waals surface area contributed by atoms with E-state index in [1.54, 1.807) is 36.8 Å². The molecule has 0 aliphatic rings. The quantitative estimate of drug-likeness (QED) is 0.504. The van der Waals surface area contributed by atoms with E-state index in [4.69, 9.17) is 14.2 Å². The van der Waals surface area contributed by atoms with E-state index >= 15 is 0 Å². The molecule has 1 N–H and O–H groups in total. The molecule has 0 bridgehead atoms. The second-order valence-corrected chi connectivity index (χ2v) is 6.37. The smallest absolute Gasteiger partial charge is 0.251 e. The van der Waals surface area contributed by atoms with Crippen LogP contribution < -0.4 is 19.5 Å². The summed E-state index contributed by atoms with van der Waals surface area (Å²) in [6.07, 6.45) is 6.85. The molecule has 2 heterocycles. The standard InChI is InChI=1S/C22H27N5O4/c1-4-29-17-14-16(15-18(30-5-2)19(17)31-6-3)22(28)26-11-13-27-12-10-25-21(27)20-23-8-7-9-24-20/h7-10,12,14-15H,4-6,11,13H2,1-3H3,(H,26,28). The highest BCUT2D eigenvalue weighted by Crippen LogP contribution is 2.39. The predicted octanol–water partition coefficient (Wildman–Crippen LogP) is 2.97. The molecule has 0 fully saturated rings. The molecule has 9 heteroatoms. The van der Waals surface area contributed by atoms with Gasteiger partial charge in [0.15, 0.2) is 23.1 Å². The van der Waals surface area contributed by atoms with Gasteiger partial charge in [-0.2, -0.15) is 0 Å². The maximum Gasteiger partial charge on any atom is 0.251 e. The first kappa shape index (κ1) is 22.1. The van der Waals surface area contributed by atoms with Crippen LogP contribution in [-0.4, -0.2) is 51.8 Å². The zero-order valence-electron chi connectivity index (χ0n) is 18.0. The Labute approximate surface area is 181 Å². The number of hydrogen-bond donors (Lipinski definition) is 1. The third-order valence-corrected chi connectivity index (χ3v) is 4.29. The third-order valence-electron chi connectivity index (χ3n) is 4.29. The number of carbonyl (C=O) groups excluding carboxylic acids is 1. The summed E-state index contributed by atoms with van der Waals surface area (Å²) in [6, 6.07) is 5.10. The lowest BCUT2D eigenvalue weighted by Gasteiger charge is -2.17. The molecule has 1 amide bonds. The Morgan fingerprint density at radius 1 is 0.935 bits per heavy atom. The fourth-order valence-corrected chi connectivity index (χ4v) is 3.02. The maximum absolute atomic E-state index is 12.8. The van der Waals surface area contributed by atoms with Crippen LogP contribution in [0.1, 0.15) is 31.1 Å². The van der Waals surface area contributed by atoms with Gasteiger partial charge in [-0.1, -0.05) is 0 Å². The molecule has 3 rings (SSSR count). The number of amides is 1. The molecule has 3 aromatic rings. The van der Waals surface area contributed by atoms with Crippen molar-refractivity contribution < 1.29 is 19.0 Å². The van der Waals surface area contributed by atoms with E-state index in [1.165, 1.54) is 0 Å². The van der Waals surface area contributed by atoms with E-state index in [-0.39, 0.29) is 5.91 Å². The highest BCUT2D eigenvalue weighted by atomic mass is 16.5. The van der Waals surface area contributed by atoms with Gasteiger partial charge in [0.1, 0.15) is 0 Å². The van der Waals surface area contributed by atoms with Crippen molar-refractivity contribution in [1.82, 2.24) is 24.8 Å². The maximum atomic E-state index is 12.8. The first-order valence-electron chi connectivity index (χ1n) is 10.3. The van der Waals surface area contributed by atoms with E-state index in [1.807, 2.05) is 31.5 Å². The molecule has 0 saturated carbocycles. The number of benzene rings is 1. The second kappa shape index (κ2) is 11.0. The number of hydrogen-bond acceptors (Lipinski definition) is 7. The normalized spacial score (nSPS) is 10.5. The van der Waals surface area contributed by atoms with Gasteiger partial charge in [0.05, 0.1) is 19.8 Å². The summed E-state index contributed by atoms with van der Waals surface area (Å²) >= 11 is 0. The SMILES string of the molecule is CCOc1cc(C(=O)NCCn2ccnc2-c2ncccn2)cc(OCC)c1OCC. The lowest BCUT2D eigenvalue weighted by Crippen LogP contribution is -2.27. The number of ether oxygens (including phenoxy) is 3. The first-order valence-corrected chi connectivity index (χ1v) is 10.3. The molecular weight excluding hydrogens is 398 g/mol. The van der Waals surface area contributed by atoms with Gasteiger partial charge < -0.3 is 24.1 Å². The van der Waals surface area contributed by atoms with Crippen molar-refractivity contribution in [3.8, 4) is 28.9 Å². The second-order valence-electron chi connectivity index (χ2n) is 6.37. The van der Waals surface area contributed by atoms with E-state index in [9.17, 15) is 4.79 Å². The van der Waals surface area contributed by atoms with Gasteiger partial charge in [-0.05, 0) is 39.0 Å². The number of aromatic nitrogens is 4. The van der Waals surface area contributed by atoms with Crippen LogP contribution in [0, 0.1) is 0 Å². The fourth-order valence-electron chi connectivity index (χ4n) is 3.02. The molecule has 0 unspecified atom stereocenters. The molecule has 0 saturated heterocycles. The van der Waals surface area contributed by atoms with Crippen LogP contribution in [0.3, 0.4) is 0 Å². The number of nitrogens with one attached hydrogen (secondary N) is 1. The third kappa shape index (κ3) is 5.50. The minimum atomic E-state index is -0.234. The van der Waals surface area contributed by atoms with Crippen LogP contribution in [0.2, 0.25) is 0 Å². The van der Waals surface area contributed by atoms with Crippen molar-refractivity contribution in [3.63, 3.8) is 0 Å². The molecule has 0 aliphatic carbocycles. The number of nitrogens with zero attached hydrogens (tertiary/aromatic N) is 4. The predicted molar refractivity (Wildman–Crippen MR) is 116 cm³/mol. The lowest BCUT2D eigenvalue weighted by molar-refractivity contribution is 0.0951. The van der Waals surface area contributed by atoms with E-state index in [0.29, 0.717) is 67.4 Å². The Morgan fingerprint density at radius 2 is 1.58 bits per heavy atom. The highest BCUT2D eigenvalue weighted by Gasteiger charge is 2.18. The largest absolute Gasteiger partial charge is 0.490 e. The molecule has 31 heavy (non-hydrogen) atoms. The molecule has 1 aromatic carbocycles. The summed E-state index contributed by atoms with van der Waals surface area (Å²) in [6.45, 7) is 7.91. The highest BCUT2D eigenvalue weighted by molar-refractivity contribution is 5.95. The van der Waals surface area contributed by atoms with Crippen molar-refractivity contribution in [2.75, 3.05) is 26.4 Å². The molecule has 0 atom stereocenters. The molecule has 2 aromatic heterocycles. The zero-order valence-corrected chi connectivity index (χ0v) is 18.0. The van der Waals surface area contributed by atoms with Crippen LogP contribution >= 0.6 is 0 Å². The van der Waals surface area contributed by atoms with Gasteiger partial charge >= 0.3 is 0 Å². The van der Waals surface area contributed by atoms with Crippen molar-refractivity contribution in [2.45, 2.75) is 27.3 Å². The van der Waals surface area contributed by atoms with Crippen molar-refractivity contribution in [3.05, 3.63) is 48.5 Å². The van der Waals surface area contributed by atoms with Crippen molar-refractivity contribution in [1.29, 1.82) is 0 Å². The van der Waals surface area contributed by atoms with Gasteiger partial charge in [0, 0.05) is 43.4 Å². The van der Waals surface area contributed by atoms with Gasteiger partial charge in [0.2, 0.25) is 5.75 Å². The first-order chi connectivity index (χ1) is 15.2. The van der Waals surface area contributed by atoms with Crippen molar-refractivity contribution in [2.24, 2.45) is 0 Å². The number of rotatable bonds is 11. The molecular formula is C22H27N5O4. The van der Waals surface area contributed by atoms with E-state index in [0.717, 1.165) is 0 Å². The topological polar surface area (TPSA) is 100 Å². The Bertz CT molecular complexity index is 964. The zero-order chi connectivity index (χ0) is 22.1. The van der Waals surface area contributed by atoms with Crippen LogP contribution in [0.15, 0.2) is 43.0 Å². The lowest BCUT2D eigenvalue weighted by atomic mass is 10.1. The summed E-state index contributed by atoms with van der Waals surface area (Å²) < 4.78 is 19.0. The molecule has 0 aliphatic heterocycles. The van der Waals surface area contributed by atoms with Crippen molar-refractivity contribution >= 4 is 5.91 Å². The number of carbonyl (C=O) groups is 1. The fraction of sp³-hybridized carbons (Fsp3) is 0.364. The van der Waals surface area contributed by atoms with E-state index < -0.39 is 0 Å². The average molecular weight is 425 g/mol. The van der Waals surface area contributed by atoms with Gasteiger partial charge in [-0.15, -0.1) is 0 Å². The molecule has 0 radical (unpaired) electrons. The van der Waals surface area contributed by atoms with Crippen LogP contribution in [0.4, 0.5) is 0 Å². The average Bonchev–Trinajstić information content (AvgIpc) is 3.25. The summed E-state index contributed by atoms with van der Waals surface area (Å²) in [5.74, 6) is 2.43. The van der Waals surface area contributed by atoms with Crippen LogP contribution in [0.25, 0.3) is 11.6 Å². The summed E-state index contributed by atoms with van der Waals surface area (Å²) in [5, 5.41) is 2.93. The van der Waals surface area contributed by atoms with Gasteiger partial charge in [-0.3, -0.25) is 4.79 Å². The summed E-state index contributed by atoms with van der Waals surface area (Å²) in [7, 11) is 0. The molecule has 164 valence electrons. The molecule has 9 nitrogen and oxygen atoms in total. The Balaban J connectivity index is 1.71.